The third kappa shape index (κ3) is 2.87. The average Bonchev–Trinajstić information content (AvgIpc) is 2.68. The molecule has 0 aliphatic rings. The largest absolute Gasteiger partial charge is 0.466 e. The van der Waals surface area contributed by atoms with E-state index in [2.05, 4.69) is 37.2 Å². The lowest BCUT2D eigenvalue weighted by atomic mass is 10.3. The van der Waals surface area contributed by atoms with Gasteiger partial charge in [0.05, 0.1) is 27.4 Å². The Hall–Kier alpha value is -0.880. The first-order valence-electron chi connectivity index (χ1n) is 4.68. The monoisotopic (exact) mass is 365 g/mol. The van der Waals surface area contributed by atoms with Crippen LogP contribution < -0.4 is 5.32 Å². The highest BCUT2D eigenvalue weighted by molar-refractivity contribution is 9.10. The summed E-state index contributed by atoms with van der Waals surface area (Å²) in [4.78, 5) is 0. The Morgan fingerprint density at radius 2 is 1.88 bits per heavy atom. The van der Waals surface area contributed by atoms with E-state index in [1.54, 1.807) is 6.07 Å². The molecule has 1 N–H and O–H groups in total. The second kappa shape index (κ2) is 5.18. The normalized spacial score (nSPS) is 10.6. The van der Waals surface area contributed by atoms with Gasteiger partial charge in [-0.05, 0) is 44.0 Å². The third-order valence-electron chi connectivity index (χ3n) is 2.14. The van der Waals surface area contributed by atoms with E-state index in [0.29, 0.717) is 12.3 Å². The number of hydrogen-bond acceptors (Lipinski definition) is 2. The van der Waals surface area contributed by atoms with Crippen molar-refractivity contribution in [1.82, 2.24) is 0 Å². The zero-order valence-corrected chi connectivity index (χ0v) is 11.6. The molecule has 6 heteroatoms. The molecule has 0 bridgehead atoms. The number of halogens is 4. The first-order chi connectivity index (χ1) is 8.08. The number of nitrogens with one attached hydrogen (secondary N) is 1. The predicted molar refractivity (Wildman–Crippen MR) is 67.8 cm³/mol. The molecular formula is C11H7Br2F2NO. The van der Waals surface area contributed by atoms with E-state index in [1.807, 2.05) is 0 Å². The summed E-state index contributed by atoms with van der Waals surface area (Å²) in [5.74, 6) is -0.634. The molecule has 2 aromatic rings. The molecule has 0 atom stereocenters. The molecule has 1 aromatic carbocycles. The molecule has 0 saturated heterocycles. The van der Waals surface area contributed by atoms with Gasteiger partial charge in [0.1, 0.15) is 17.4 Å². The van der Waals surface area contributed by atoms with E-state index < -0.39 is 11.6 Å². The van der Waals surface area contributed by atoms with Gasteiger partial charge in [0, 0.05) is 6.07 Å². The highest BCUT2D eigenvalue weighted by atomic mass is 79.9. The lowest BCUT2D eigenvalue weighted by Crippen LogP contribution is -2.01. The highest BCUT2D eigenvalue weighted by Crippen LogP contribution is 2.25. The maximum atomic E-state index is 13.4. The molecule has 0 unspecified atom stereocenters. The van der Waals surface area contributed by atoms with Crippen LogP contribution in [0, 0.1) is 11.6 Å². The number of hydrogen-bond donors (Lipinski definition) is 1. The summed E-state index contributed by atoms with van der Waals surface area (Å²) in [5.41, 5.74) is 0.210. The van der Waals surface area contributed by atoms with Crippen LogP contribution >= 0.6 is 31.9 Å². The molecule has 90 valence electrons. The molecule has 0 aliphatic heterocycles. The van der Waals surface area contributed by atoms with Crippen molar-refractivity contribution >= 4 is 37.5 Å². The minimum Gasteiger partial charge on any atom is -0.466 e. The van der Waals surface area contributed by atoms with Crippen molar-refractivity contribution in [1.29, 1.82) is 0 Å². The topological polar surface area (TPSA) is 25.2 Å². The minimum atomic E-state index is -0.645. The van der Waals surface area contributed by atoms with Crippen molar-refractivity contribution in [2.24, 2.45) is 0 Å². The molecule has 1 aromatic heterocycles. The van der Waals surface area contributed by atoms with Gasteiger partial charge in [-0.3, -0.25) is 0 Å². The Kier molecular flexibility index (Phi) is 3.83. The summed E-state index contributed by atoms with van der Waals surface area (Å²) in [7, 11) is 0. The Bertz CT molecular complexity index is 542. The van der Waals surface area contributed by atoms with Crippen molar-refractivity contribution in [2.45, 2.75) is 6.54 Å². The van der Waals surface area contributed by atoms with Crippen molar-refractivity contribution < 1.29 is 13.2 Å². The first kappa shape index (κ1) is 12.6. The van der Waals surface area contributed by atoms with E-state index >= 15 is 0 Å². The van der Waals surface area contributed by atoms with Gasteiger partial charge < -0.3 is 9.73 Å². The fourth-order valence-electron chi connectivity index (χ4n) is 1.28. The van der Waals surface area contributed by atoms with Crippen LogP contribution in [0.15, 0.2) is 37.8 Å². The SMILES string of the molecule is Fc1cc(F)c(NCc2occc2Br)cc1Br. The van der Waals surface area contributed by atoms with E-state index in [0.717, 1.165) is 10.5 Å². The predicted octanol–water partition coefficient (Wildman–Crippen LogP) is 4.69. The van der Waals surface area contributed by atoms with Gasteiger partial charge in [-0.2, -0.15) is 0 Å². The number of furan rings is 1. The van der Waals surface area contributed by atoms with Gasteiger partial charge >= 0.3 is 0 Å². The average molecular weight is 367 g/mol. The fraction of sp³-hybridized carbons (Fsp3) is 0.0909. The first-order valence-corrected chi connectivity index (χ1v) is 6.27. The van der Waals surface area contributed by atoms with Gasteiger partial charge in [-0.1, -0.05) is 0 Å². The zero-order valence-electron chi connectivity index (χ0n) is 8.44. The molecule has 0 fully saturated rings. The van der Waals surface area contributed by atoms with Crippen molar-refractivity contribution in [3.05, 3.63) is 50.8 Å². The van der Waals surface area contributed by atoms with Crippen LogP contribution in [0.4, 0.5) is 14.5 Å². The molecule has 0 spiro atoms. The molecular weight excluding hydrogens is 360 g/mol. The summed E-state index contributed by atoms with van der Waals surface area (Å²) in [6.45, 7) is 0.308. The lowest BCUT2D eigenvalue weighted by molar-refractivity contribution is 0.515. The number of rotatable bonds is 3. The lowest BCUT2D eigenvalue weighted by Gasteiger charge is -2.07. The van der Waals surface area contributed by atoms with Gasteiger partial charge in [0.2, 0.25) is 0 Å². The van der Waals surface area contributed by atoms with Crippen LogP contribution in [-0.2, 0) is 6.54 Å². The van der Waals surface area contributed by atoms with E-state index in [9.17, 15) is 8.78 Å². The van der Waals surface area contributed by atoms with Crippen molar-refractivity contribution in [3.63, 3.8) is 0 Å². The number of benzene rings is 1. The molecule has 0 saturated carbocycles. The summed E-state index contributed by atoms with van der Waals surface area (Å²) < 4.78 is 32.6. The quantitative estimate of drug-likeness (QED) is 0.797. The fourth-order valence-corrected chi connectivity index (χ4v) is 1.97. The maximum Gasteiger partial charge on any atom is 0.149 e. The minimum absolute atomic E-state index is 0.208. The Labute approximate surface area is 113 Å². The van der Waals surface area contributed by atoms with Gasteiger partial charge in [0.15, 0.2) is 0 Å². The van der Waals surface area contributed by atoms with Crippen molar-refractivity contribution in [2.75, 3.05) is 5.32 Å². The molecule has 0 aliphatic carbocycles. The van der Waals surface area contributed by atoms with Gasteiger partial charge in [-0.15, -0.1) is 0 Å². The summed E-state index contributed by atoms with van der Waals surface area (Å²) in [5, 5.41) is 2.83. The standard InChI is InChI=1S/C11H7Br2F2NO/c12-6-1-2-17-11(6)5-16-10-3-7(13)8(14)4-9(10)15/h1-4,16H,5H2. The molecule has 1 heterocycles. The van der Waals surface area contributed by atoms with E-state index in [1.165, 1.54) is 12.3 Å². The van der Waals surface area contributed by atoms with Crippen LogP contribution in [0.25, 0.3) is 0 Å². The smallest absolute Gasteiger partial charge is 0.149 e. The van der Waals surface area contributed by atoms with Gasteiger partial charge in [-0.25, -0.2) is 8.78 Å². The van der Waals surface area contributed by atoms with Crippen LogP contribution in [0.2, 0.25) is 0 Å². The Balaban J connectivity index is 2.14. The maximum absolute atomic E-state index is 13.4. The second-order valence-corrected chi connectivity index (χ2v) is 5.00. The van der Waals surface area contributed by atoms with E-state index in [4.69, 9.17) is 4.42 Å². The van der Waals surface area contributed by atoms with Crippen LogP contribution in [-0.4, -0.2) is 0 Å². The van der Waals surface area contributed by atoms with Crippen LogP contribution in [0.5, 0.6) is 0 Å². The summed E-state index contributed by atoms with van der Waals surface area (Å²) >= 11 is 6.29. The van der Waals surface area contributed by atoms with Crippen molar-refractivity contribution in [3.8, 4) is 0 Å². The van der Waals surface area contributed by atoms with E-state index in [-0.39, 0.29) is 10.2 Å². The molecule has 0 radical (unpaired) electrons. The summed E-state index contributed by atoms with van der Waals surface area (Å²) in [6.07, 6.45) is 1.53. The molecule has 2 nitrogen and oxygen atoms in total. The number of anilines is 1. The van der Waals surface area contributed by atoms with Crippen LogP contribution in [0.3, 0.4) is 0 Å². The van der Waals surface area contributed by atoms with Gasteiger partial charge in [0.25, 0.3) is 0 Å². The highest BCUT2D eigenvalue weighted by Gasteiger charge is 2.09. The molecule has 0 amide bonds. The second-order valence-electron chi connectivity index (χ2n) is 3.29. The Morgan fingerprint density at radius 1 is 1.12 bits per heavy atom. The molecule has 2 rings (SSSR count). The Morgan fingerprint density at radius 3 is 2.53 bits per heavy atom. The van der Waals surface area contributed by atoms with Crippen LogP contribution in [0.1, 0.15) is 5.76 Å². The molecule has 17 heavy (non-hydrogen) atoms. The summed E-state index contributed by atoms with van der Waals surface area (Å²) in [6, 6.07) is 3.92. The third-order valence-corrected chi connectivity index (χ3v) is 3.45. The zero-order chi connectivity index (χ0) is 12.4.